The van der Waals surface area contributed by atoms with Crippen molar-refractivity contribution in [2.75, 3.05) is 20.3 Å². The summed E-state index contributed by atoms with van der Waals surface area (Å²) in [5.41, 5.74) is 4.07. The van der Waals surface area contributed by atoms with Gasteiger partial charge in [0, 0.05) is 25.0 Å². The van der Waals surface area contributed by atoms with Crippen molar-refractivity contribution in [1.82, 2.24) is 9.88 Å². The third-order valence-electron chi connectivity index (χ3n) is 4.45. The van der Waals surface area contributed by atoms with Crippen molar-refractivity contribution in [2.24, 2.45) is 4.99 Å². The highest BCUT2D eigenvalue weighted by Gasteiger charge is 2.24. The van der Waals surface area contributed by atoms with Gasteiger partial charge in [-0.2, -0.15) is 0 Å². The molecule has 7 heteroatoms. The average Bonchev–Trinajstić information content (AvgIpc) is 3.14. The van der Waals surface area contributed by atoms with Crippen LogP contribution in [0.1, 0.15) is 23.9 Å². The van der Waals surface area contributed by atoms with Crippen LogP contribution in [0.25, 0.3) is 6.08 Å². The molecular formula is C21H25N3O3S. The number of carbonyl (C=O) groups is 1. The van der Waals surface area contributed by atoms with E-state index in [1.807, 2.05) is 37.3 Å². The minimum absolute atomic E-state index is 0.128. The molecule has 0 radical (unpaired) electrons. The molecule has 1 aliphatic heterocycles. The second kappa shape index (κ2) is 9.12. The van der Waals surface area contributed by atoms with Crippen molar-refractivity contribution in [3.8, 4) is 5.75 Å². The Labute approximate surface area is 169 Å². The van der Waals surface area contributed by atoms with E-state index in [1.165, 1.54) is 11.8 Å². The third kappa shape index (κ3) is 4.66. The molecule has 148 valence electrons. The molecule has 3 rings (SSSR count). The molecule has 0 aliphatic carbocycles. The zero-order valence-electron chi connectivity index (χ0n) is 16.6. The van der Waals surface area contributed by atoms with E-state index >= 15 is 0 Å². The molecule has 1 amide bonds. The Hall–Kier alpha value is -2.51. The van der Waals surface area contributed by atoms with E-state index in [4.69, 9.17) is 9.47 Å². The normalized spacial score (nSPS) is 16.8. The fourth-order valence-electron chi connectivity index (χ4n) is 3.02. The SMILES string of the molecule is CCOc1ccc(N=C2NC(=O)/C(=C\c3cc(C)n(CCOC)c3C)S2)cc1. The summed E-state index contributed by atoms with van der Waals surface area (Å²) in [7, 11) is 1.70. The van der Waals surface area contributed by atoms with Gasteiger partial charge in [0.15, 0.2) is 5.17 Å². The predicted octanol–water partition coefficient (Wildman–Crippen LogP) is 4.04. The van der Waals surface area contributed by atoms with Crippen molar-refractivity contribution in [2.45, 2.75) is 27.3 Å². The second-order valence-electron chi connectivity index (χ2n) is 6.38. The highest BCUT2D eigenvalue weighted by atomic mass is 32.2. The monoisotopic (exact) mass is 399 g/mol. The quantitative estimate of drug-likeness (QED) is 0.714. The van der Waals surface area contributed by atoms with Crippen LogP contribution >= 0.6 is 11.8 Å². The topological polar surface area (TPSA) is 64.8 Å². The van der Waals surface area contributed by atoms with Crippen molar-refractivity contribution < 1.29 is 14.3 Å². The van der Waals surface area contributed by atoms with E-state index in [-0.39, 0.29) is 5.91 Å². The first-order valence-corrected chi connectivity index (χ1v) is 10.0. The summed E-state index contributed by atoms with van der Waals surface area (Å²) in [6.07, 6.45) is 1.92. The number of amidine groups is 1. The number of benzene rings is 1. The van der Waals surface area contributed by atoms with Gasteiger partial charge >= 0.3 is 0 Å². The molecule has 1 fully saturated rings. The van der Waals surface area contributed by atoms with Crippen LogP contribution in [0.2, 0.25) is 0 Å². The molecule has 1 aromatic heterocycles. The number of aromatic nitrogens is 1. The number of amides is 1. The van der Waals surface area contributed by atoms with Gasteiger partial charge in [-0.1, -0.05) is 0 Å². The number of aryl methyl sites for hydroxylation is 1. The van der Waals surface area contributed by atoms with Crippen LogP contribution in [0.4, 0.5) is 5.69 Å². The largest absolute Gasteiger partial charge is 0.494 e. The summed E-state index contributed by atoms with van der Waals surface area (Å²) < 4.78 is 12.8. The van der Waals surface area contributed by atoms with Gasteiger partial charge < -0.3 is 19.4 Å². The van der Waals surface area contributed by atoms with Gasteiger partial charge in [0.25, 0.3) is 5.91 Å². The number of nitrogens with zero attached hydrogens (tertiary/aromatic N) is 2. The lowest BCUT2D eigenvalue weighted by Crippen LogP contribution is -2.19. The molecular weight excluding hydrogens is 374 g/mol. The van der Waals surface area contributed by atoms with Gasteiger partial charge in [0.1, 0.15) is 5.75 Å². The maximum atomic E-state index is 12.4. The lowest BCUT2D eigenvalue weighted by Gasteiger charge is -2.08. The zero-order chi connectivity index (χ0) is 20.1. The highest BCUT2D eigenvalue weighted by Crippen LogP contribution is 2.30. The number of nitrogens with one attached hydrogen (secondary N) is 1. The Kier molecular flexibility index (Phi) is 6.59. The van der Waals surface area contributed by atoms with Gasteiger partial charge in [-0.05, 0) is 74.5 Å². The molecule has 2 aromatic rings. The molecule has 2 heterocycles. The van der Waals surface area contributed by atoms with E-state index in [0.717, 1.165) is 34.9 Å². The van der Waals surface area contributed by atoms with Crippen LogP contribution in [0.15, 0.2) is 40.2 Å². The lowest BCUT2D eigenvalue weighted by molar-refractivity contribution is -0.115. The van der Waals surface area contributed by atoms with E-state index in [2.05, 4.69) is 34.8 Å². The molecule has 0 atom stereocenters. The fourth-order valence-corrected chi connectivity index (χ4v) is 3.86. The minimum Gasteiger partial charge on any atom is -0.494 e. The Morgan fingerprint density at radius 2 is 2.00 bits per heavy atom. The van der Waals surface area contributed by atoms with Crippen LogP contribution in [-0.4, -0.2) is 36.0 Å². The predicted molar refractivity (Wildman–Crippen MR) is 114 cm³/mol. The van der Waals surface area contributed by atoms with Crippen LogP contribution < -0.4 is 10.1 Å². The first kappa shape index (κ1) is 20.2. The first-order chi connectivity index (χ1) is 13.5. The summed E-state index contributed by atoms with van der Waals surface area (Å²) in [4.78, 5) is 17.5. The fraction of sp³-hybridized carbons (Fsp3) is 0.333. The van der Waals surface area contributed by atoms with Crippen molar-refractivity contribution >= 4 is 34.6 Å². The van der Waals surface area contributed by atoms with Crippen LogP contribution in [-0.2, 0) is 16.1 Å². The number of aliphatic imine (C=N–C) groups is 1. The second-order valence-corrected chi connectivity index (χ2v) is 7.41. The molecule has 0 saturated carbocycles. The van der Waals surface area contributed by atoms with E-state index in [0.29, 0.717) is 23.3 Å². The van der Waals surface area contributed by atoms with Crippen LogP contribution in [0, 0.1) is 13.8 Å². The number of methoxy groups -OCH3 is 1. The summed E-state index contributed by atoms with van der Waals surface area (Å²) in [6.45, 7) is 8.14. The number of thioether (sulfide) groups is 1. The number of carbonyl (C=O) groups excluding carboxylic acids is 1. The molecule has 1 aromatic carbocycles. The number of hydrogen-bond acceptors (Lipinski definition) is 5. The minimum atomic E-state index is -0.128. The molecule has 28 heavy (non-hydrogen) atoms. The van der Waals surface area contributed by atoms with Gasteiger partial charge in [0.2, 0.25) is 0 Å². The Balaban J connectivity index is 1.77. The van der Waals surface area contributed by atoms with Crippen LogP contribution in [0.3, 0.4) is 0 Å². The molecule has 6 nitrogen and oxygen atoms in total. The van der Waals surface area contributed by atoms with Crippen molar-refractivity contribution in [1.29, 1.82) is 0 Å². The number of ether oxygens (including phenoxy) is 2. The van der Waals surface area contributed by atoms with Crippen LogP contribution in [0.5, 0.6) is 5.75 Å². The standard InChI is InChI=1S/C21H25N3O3S/c1-5-27-18-8-6-17(7-9-18)22-21-23-20(25)19(28-21)13-16-12-14(2)24(15(16)3)10-11-26-4/h6-9,12-13H,5,10-11H2,1-4H3,(H,22,23,25)/b19-13+. The molecule has 1 saturated heterocycles. The molecule has 0 bridgehead atoms. The summed E-state index contributed by atoms with van der Waals surface area (Å²) in [5.74, 6) is 0.676. The van der Waals surface area contributed by atoms with Crippen molar-refractivity contribution in [3.05, 3.63) is 52.2 Å². The lowest BCUT2D eigenvalue weighted by atomic mass is 10.2. The Bertz CT molecular complexity index is 914. The van der Waals surface area contributed by atoms with Gasteiger partial charge in [-0.15, -0.1) is 0 Å². The maximum absolute atomic E-state index is 12.4. The zero-order valence-corrected chi connectivity index (χ0v) is 17.4. The Morgan fingerprint density at radius 3 is 2.68 bits per heavy atom. The van der Waals surface area contributed by atoms with Gasteiger partial charge in [0.05, 0.1) is 23.8 Å². The smallest absolute Gasteiger partial charge is 0.264 e. The van der Waals surface area contributed by atoms with Gasteiger partial charge in [-0.25, -0.2) is 4.99 Å². The van der Waals surface area contributed by atoms with Crippen molar-refractivity contribution in [3.63, 3.8) is 0 Å². The molecule has 0 spiro atoms. The third-order valence-corrected chi connectivity index (χ3v) is 5.36. The first-order valence-electron chi connectivity index (χ1n) is 9.20. The van der Waals surface area contributed by atoms with Gasteiger partial charge in [-0.3, -0.25) is 4.79 Å². The summed E-state index contributed by atoms with van der Waals surface area (Å²) in [6, 6.07) is 9.57. The summed E-state index contributed by atoms with van der Waals surface area (Å²) in [5, 5.41) is 3.41. The Morgan fingerprint density at radius 1 is 1.25 bits per heavy atom. The average molecular weight is 400 g/mol. The van der Waals surface area contributed by atoms with E-state index in [1.54, 1.807) is 7.11 Å². The molecule has 1 N–H and O–H groups in total. The highest BCUT2D eigenvalue weighted by molar-refractivity contribution is 8.18. The molecule has 1 aliphatic rings. The molecule has 0 unspecified atom stereocenters. The van der Waals surface area contributed by atoms with E-state index < -0.39 is 0 Å². The number of rotatable bonds is 7. The number of hydrogen-bond donors (Lipinski definition) is 1. The maximum Gasteiger partial charge on any atom is 0.264 e. The summed E-state index contributed by atoms with van der Waals surface area (Å²) >= 11 is 1.35. The van der Waals surface area contributed by atoms with E-state index in [9.17, 15) is 4.79 Å².